The van der Waals surface area contributed by atoms with Crippen LogP contribution >= 0.6 is 0 Å². The number of rotatable bonds is 1. The zero-order valence-corrected chi connectivity index (χ0v) is 12.5. The summed E-state index contributed by atoms with van der Waals surface area (Å²) in [6, 6.07) is -0.195. The average Bonchev–Trinajstić information content (AvgIpc) is 2.47. The van der Waals surface area contributed by atoms with Crippen molar-refractivity contribution in [2.75, 3.05) is 26.7 Å². The van der Waals surface area contributed by atoms with E-state index in [9.17, 15) is 9.59 Å². The fourth-order valence-electron chi connectivity index (χ4n) is 3.94. The molecular formula is C15H25N3O2. The third-order valence-corrected chi connectivity index (χ3v) is 5.18. The molecule has 0 N–H and O–H groups in total. The molecule has 2 unspecified atom stereocenters. The summed E-state index contributed by atoms with van der Waals surface area (Å²) in [6.45, 7) is 4.71. The Morgan fingerprint density at radius 3 is 2.35 bits per heavy atom. The average molecular weight is 279 g/mol. The van der Waals surface area contributed by atoms with Crippen LogP contribution in [0.25, 0.3) is 0 Å². The predicted molar refractivity (Wildman–Crippen MR) is 76.2 cm³/mol. The number of carbonyl (C=O) groups is 2. The molecular weight excluding hydrogens is 254 g/mol. The number of nitrogens with zero attached hydrogens (tertiary/aromatic N) is 3. The van der Waals surface area contributed by atoms with Gasteiger partial charge < -0.3 is 14.7 Å². The minimum atomic E-state index is -0.273. The number of carbonyl (C=O) groups excluding carboxylic acids is 2. The smallest absolute Gasteiger partial charge is 0.246 e. The molecule has 3 fully saturated rings. The molecule has 112 valence electrons. The lowest BCUT2D eigenvalue weighted by Gasteiger charge is -2.49. The van der Waals surface area contributed by atoms with Gasteiger partial charge in [0.25, 0.3) is 0 Å². The Morgan fingerprint density at radius 1 is 0.950 bits per heavy atom. The Morgan fingerprint density at radius 2 is 1.65 bits per heavy atom. The Bertz CT molecular complexity index is 404. The minimum absolute atomic E-state index is 0.160. The monoisotopic (exact) mass is 279 g/mol. The number of amides is 2. The van der Waals surface area contributed by atoms with Crippen LogP contribution < -0.4 is 0 Å². The van der Waals surface area contributed by atoms with Gasteiger partial charge in [-0.25, -0.2) is 0 Å². The van der Waals surface area contributed by atoms with Gasteiger partial charge in [0.2, 0.25) is 11.8 Å². The van der Waals surface area contributed by atoms with Crippen LogP contribution in [0.1, 0.15) is 39.0 Å². The maximum atomic E-state index is 12.8. The Hall–Kier alpha value is -1.10. The van der Waals surface area contributed by atoms with E-state index in [2.05, 4.69) is 11.9 Å². The van der Waals surface area contributed by atoms with Crippen LogP contribution in [0, 0.1) is 0 Å². The van der Waals surface area contributed by atoms with Gasteiger partial charge in [0.15, 0.2) is 0 Å². The van der Waals surface area contributed by atoms with Crippen LogP contribution in [0.4, 0.5) is 0 Å². The predicted octanol–water partition coefficient (Wildman–Crippen LogP) is 0.692. The van der Waals surface area contributed by atoms with Crippen molar-refractivity contribution >= 4 is 11.8 Å². The van der Waals surface area contributed by atoms with Gasteiger partial charge in [-0.15, -0.1) is 0 Å². The standard InChI is InChI=1S/C15H25N3O2/c1-11-14(19)17-8-4-3-5-13(17)15(20)18(11)12-6-9-16(2)10-7-12/h11-13H,3-10H2,1-2H3. The van der Waals surface area contributed by atoms with Crippen LogP contribution in [0.15, 0.2) is 0 Å². The normalized spacial score (nSPS) is 33.5. The molecule has 0 bridgehead atoms. The van der Waals surface area contributed by atoms with Crippen molar-refractivity contribution in [3.63, 3.8) is 0 Å². The molecule has 0 spiro atoms. The first-order valence-electron chi connectivity index (χ1n) is 7.91. The number of hydrogen-bond acceptors (Lipinski definition) is 3. The van der Waals surface area contributed by atoms with E-state index in [4.69, 9.17) is 0 Å². The quantitative estimate of drug-likeness (QED) is 0.709. The van der Waals surface area contributed by atoms with Gasteiger partial charge in [0.1, 0.15) is 12.1 Å². The van der Waals surface area contributed by atoms with Crippen molar-refractivity contribution in [2.45, 2.75) is 57.2 Å². The Balaban J connectivity index is 1.79. The first kappa shape index (κ1) is 13.9. The van der Waals surface area contributed by atoms with E-state index in [1.807, 2.05) is 16.7 Å². The number of fused-ring (bicyclic) bond motifs is 1. The summed E-state index contributed by atoms with van der Waals surface area (Å²) in [5.41, 5.74) is 0. The maximum absolute atomic E-state index is 12.8. The van der Waals surface area contributed by atoms with Crippen LogP contribution in [-0.2, 0) is 9.59 Å². The molecule has 3 aliphatic rings. The number of likely N-dealkylation sites (tertiary alicyclic amines) is 1. The van der Waals surface area contributed by atoms with E-state index in [1.54, 1.807) is 0 Å². The first-order valence-corrected chi connectivity index (χ1v) is 7.91. The molecule has 0 aliphatic carbocycles. The summed E-state index contributed by atoms with van der Waals surface area (Å²) in [6.07, 6.45) is 4.94. The molecule has 5 heteroatoms. The van der Waals surface area contributed by atoms with E-state index in [0.29, 0.717) is 0 Å². The van der Waals surface area contributed by atoms with Crippen molar-refractivity contribution in [2.24, 2.45) is 0 Å². The van der Waals surface area contributed by atoms with Gasteiger partial charge in [-0.1, -0.05) is 0 Å². The Labute approximate surface area is 120 Å². The summed E-state index contributed by atoms with van der Waals surface area (Å²) >= 11 is 0. The second-order valence-electron chi connectivity index (χ2n) is 6.50. The van der Waals surface area contributed by atoms with Gasteiger partial charge in [-0.2, -0.15) is 0 Å². The van der Waals surface area contributed by atoms with Gasteiger partial charge >= 0.3 is 0 Å². The molecule has 3 heterocycles. The van der Waals surface area contributed by atoms with Crippen molar-refractivity contribution in [3.05, 3.63) is 0 Å². The zero-order chi connectivity index (χ0) is 14.3. The fourth-order valence-corrected chi connectivity index (χ4v) is 3.94. The zero-order valence-electron chi connectivity index (χ0n) is 12.5. The Kier molecular flexibility index (Phi) is 3.71. The second kappa shape index (κ2) is 5.35. The number of hydrogen-bond donors (Lipinski definition) is 0. The topological polar surface area (TPSA) is 43.9 Å². The van der Waals surface area contributed by atoms with Crippen LogP contribution in [0.2, 0.25) is 0 Å². The maximum Gasteiger partial charge on any atom is 0.246 e. The summed E-state index contributed by atoms with van der Waals surface area (Å²) in [4.78, 5) is 31.4. The van der Waals surface area contributed by atoms with Crippen molar-refractivity contribution in [3.8, 4) is 0 Å². The second-order valence-corrected chi connectivity index (χ2v) is 6.50. The molecule has 3 rings (SSSR count). The van der Waals surface area contributed by atoms with Crippen LogP contribution in [-0.4, -0.2) is 71.3 Å². The van der Waals surface area contributed by atoms with E-state index in [0.717, 1.165) is 51.7 Å². The van der Waals surface area contributed by atoms with Gasteiger partial charge in [0.05, 0.1) is 0 Å². The SMILES string of the molecule is CC1C(=O)N2CCCCC2C(=O)N1C1CCN(C)CC1. The highest BCUT2D eigenvalue weighted by atomic mass is 16.2. The van der Waals surface area contributed by atoms with Crippen molar-refractivity contribution in [1.82, 2.24) is 14.7 Å². The molecule has 0 saturated carbocycles. The molecule has 2 amide bonds. The number of piperidine rings is 2. The lowest BCUT2D eigenvalue weighted by Crippen LogP contribution is -2.67. The molecule has 0 aromatic heterocycles. The lowest BCUT2D eigenvalue weighted by molar-refractivity contribution is -0.166. The highest BCUT2D eigenvalue weighted by molar-refractivity contribution is 5.97. The molecule has 3 saturated heterocycles. The third-order valence-electron chi connectivity index (χ3n) is 5.18. The van der Waals surface area contributed by atoms with Gasteiger partial charge in [0, 0.05) is 12.6 Å². The van der Waals surface area contributed by atoms with E-state index < -0.39 is 0 Å². The molecule has 0 aromatic carbocycles. The largest absolute Gasteiger partial charge is 0.329 e. The summed E-state index contributed by atoms with van der Waals surface area (Å²) in [5.74, 6) is 0.361. The molecule has 3 aliphatic heterocycles. The highest BCUT2D eigenvalue weighted by Gasteiger charge is 2.47. The van der Waals surface area contributed by atoms with Gasteiger partial charge in [-0.05, 0) is 59.2 Å². The molecule has 5 nitrogen and oxygen atoms in total. The highest BCUT2D eigenvalue weighted by Crippen LogP contribution is 2.30. The lowest BCUT2D eigenvalue weighted by atomic mass is 9.92. The molecule has 20 heavy (non-hydrogen) atoms. The van der Waals surface area contributed by atoms with E-state index >= 15 is 0 Å². The van der Waals surface area contributed by atoms with Crippen LogP contribution in [0.5, 0.6) is 0 Å². The molecule has 0 radical (unpaired) electrons. The minimum Gasteiger partial charge on any atom is -0.329 e. The van der Waals surface area contributed by atoms with Crippen LogP contribution in [0.3, 0.4) is 0 Å². The molecule has 0 aromatic rings. The van der Waals surface area contributed by atoms with Crippen molar-refractivity contribution < 1.29 is 9.59 Å². The summed E-state index contributed by atoms with van der Waals surface area (Å²) < 4.78 is 0. The fraction of sp³-hybridized carbons (Fsp3) is 0.867. The molecule has 2 atom stereocenters. The van der Waals surface area contributed by atoms with E-state index in [-0.39, 0.29) is 29.9 Å². The van der Waals surface area contributed by atoms with Gasteiger partial charge in [-0.3, -0.25) is 9.59 Å². The van der Waals surface area contributed by atoms with E-state index in [1.165, 1.54) is 0 Å². The van der Waals surface area contributed by atoms with Crippen molar-refractivity contribution in [1.29, 1.82) is 0 Å². The summed E-state index contributed by atoms with van der Waals surface area (Å²) in [5, 5.41) is 0. The summed E-state index contributed by atoms with van der Waals surface area (Å²) in [7, 11) is 2.12. The first-order chi connectivity index (χ1) is 9.59. The third kappa shape index (κ3) is 2.22. The number of piperazine rings is 1.